The average molecular weight is 514 g/mol. The van der Waals surface area contributed by atoms with Crippen molar-refractivity contribution in [2.24, 2.45) is 0 Å². The van der Waals surface area contributed by atoms with E-state index in [1.54, 1.807) is 24.0 Å². The molecule has 1 saturated carbocycles. The highest BCUT2D eigenvalue weighted by atomic mass is 35.5. The summed E-state index contributed by atoms with van der Waals surface area (Å²) >= 11 is 19.9. The van der Waals surface area contributed by atoms with E-state index in [-0.39, 0.29) is 30.2 Å². The van der Waals surface area contributed by atoms with Gasteiger partial charge in [-0.15, -0.1) is 11.8 Å². The average Bonchev–Trinajstić information content (AvgIpc) is 3.28. The molecule has 0 aliphatic heterocycles. The van der Waals surface area contributed by atoms with Gasteiger partial charge in [-0.25, -0.2) is 0 Å². The Morgan fingerprint density at radius 3 is 2.47 bits per heavy atom. The van der Waals surface area contributed by atoms with Crippen LogP contribution in [0.15, 0.2) is 42.5 Å². The maximum atomic E-state index is 13.2. The lowest BCUT2D eigenvalue weighted by molar-refractivity contribution is -0.138. The van der Waals surface area contributed by atoms with Gasteiger partial charge in [0.05, 0.1) is 15.8 Å². The van der Waals surface area contributed by atoms with Crippen LogP contribution in [-0.2, 0) is 21.9 Å². The summed E-state index contributed by atoms with van der Waals surface area (Å²) in [7, 11) is 0. The number of carbonyl (C=O) groups is 2. The topological polar surface area (TPSA) is 49.4 Å². The normalized spacial score (nSPS) is 14.9. The third-order valence-corrected chi connectivity index (χ3v) is 7.72. The number of amides is 2. The molecule has 0 bridgehead atoms. The highest BCUT2D eigenvalue weighted by molar-refractivity contribution is 7.99. The molecule has 0 radical (unpaired) electrons. The summed E-state index contributed by atoms with van der Waals surface area (Å²) in [6, 6.07) is 12.5. The zero-order valence-electron chi connectivity index (χ0n) is 18.0. The number of hydrogen-bond acceptors (Lipinski definition) is 3. The van der Waals surface area contributed by atoms with E-state index in [1.165, 1.54) is 11.8 Å². The van der Waals surface area contributed by atoms with E-state index in [0.717, 1.165) is 36.8 Å². The van der Waals surface area contributed by atoms with Crippen LogP contribution in [0.4, 0.5) is 0 Å². The molecule has 2 aromatic carbocycles. The van der Waals surface area contributed by atoms with Crippen molar-refractivity contribution >= 4 is 58.4 Å². The molecule has 0 spiro atoms. The van der Waals surface area contributed by atoms with Crippen molar-refractivity contribution in [2.45, 2.75) is 57.0 Å². The number of nitrogens with one attached hydrogen (secondary N) is 1. The van der Waals surface area contributed by atoms with Crippen LogP contribution in [0.3, 0.4) is 0 Å². The van der Waals surface area contributed by atoms with Gasteiger partial charge in [0.2, 0.25) is 11.8 Å². The Bertz CT molecular complexity index is 951. The number of benzene rings is 2. The van der Waals surface area contributed by atoms with Gasteiger partial charge in [-0.2, -0.15) is 0 Å². The van der Waals surface area contributed by atoms with Gasteiger partial charge < -0.3 is 10.2 Å². The molecule has 2 aromatic rings. The van der Waals surface area contributed by atoms with Gasteiger partial charge in [0.1, 0.15) is 6.04 Å². The molecule has 1 N–H and O–H groups in total. The minimum Gasteiger partial charge on any atom is -0.352 e. The van der Waals surface area contributed by atoms with Crippen molar-refractivity contribution in [3.63, 3.8) is 0 Å². The largest absolute Gasteiger partial charge is 0.352 e. The minimum atomic E-state index is -0.599. The van der Waals surface area contributed by atoms with Crippen LogP contribution in [0.1, 0.15) is 43.7 Å². The Kier molecular flexibility index (Phi) is 9.60. The second-order valence-electron chi connectivity index (χ2n) is 8.02. The van der Waals surface area contributed by atoms with E-state index in [4.69, 9.17) is 34.8 Å². The number of halogens is 3. The highest BCUT2D eigenvalue weighted by Crippen LogP contribution is 2.25. The monoisotopic (exact) mass is 512 g/mol. The van der Waals surface area contributed by atoms with E-state index in [0.29, 0.717) is 20.8 Å². The molecule has 0 saturated heterocycles. The summed E-state index contributed by atoms with van der Waals surface area (Å²) in [6.07, 6.45) is 4.24. The lowest BCUT2D eigenvalue weighted by atomic mass is 10.1. The molecule has 1 aliphatic carbocycles. The molecule has 1 aliphatic rings. The minimum absolute atomic E-state index is 0.109. The Hall–Kier alpha value is -1.40. The SMILES string of the molecule is C[C@H](C(=O)NC1CCCC1)N(Cc1ccc(Cl)c(Cl)c1)C(=O)CSCc1ccccc1Cl. The van der Waals surface area contributed by atoms with E-state index in [2.05, 4.69) is 5.32 Å². The fourth-order valence-corrected chi connectivity index (χ4v) is 5.27. The summed E-state index contributed by atoms with van der Waals surface area (Å²) in [6.45, 7) is 2.06. The summed E-state index contributed by atoms with van der Waals surface area (Å²) < 4.78 is 0. The summed E-state index contributed by atoms with van der Waals surface area (Å²) in [4.78, 5) is 27.7. The zero-order chi connectivity index (χ0) is 23.1. The number of hydrogen-bond donors (Lipinski definition) is 1. The predicted molar refractivity (Wildman–Crippen MR) is 134 cm³/mol. The van der Waals surface area contributed by atoms with Crippen LogP contribution in [-0.4, -0.2) is 34.6 Å². The Balaban J connectivity index is 1.69. The Labute approximate surface area is 209 Å². The molecule has 0 unspecified atom stereocenters. The molecule has 8 heteroatoms. The number of nitrogens with zero attached hydrogens (tertiary/aromatic N) is 1. The van der Waals surface area contributed by atoms with Crippen molar-refractivity contribution in [1.82, 2.24) is 10.2 Å². The standard InChI is InChI=1S/C24H27Cl3N2O2S/c1-16(24(31)28-19-7-3-4-8-19)29(13-17-10-11-21(26)22(27)12-17)23(30)15-32-14-18-6-2-5-9-20(18)25/h2,5-6,9-12,16,19H,3-4,7-8,13-15H2,1H3,(H,28,31)/t16-/m1/s1. The van der Waals surface area contributed by atoms with Gasteiger partial charge in [-0.1, -0.05) is 71.9 Å². The van der Waals surface area contributed by atoms with Gasteiger partial charge in [0.25, 0.3) is 0 Å². The molecular weight excluding hydrogens is 487 g/mol. The fourth-order valence-electron chi connectivity index (χ4n) is 3.76. The summed E-state index contributed by atoms with van der Waals surface area (Å²) in [5.74, 6) is 0.631. The van der Waals surface area contributed by atoms with Crippen LogP contribution in [0.2, 0.25) is 15.1 Å². The molecular formula is C24H27Cl3N2O2S. The van der Waals surface area contributed by atoms with Crippen LogP contribution in [0.5, 0.6) is 0 Å². The fraction of sp³-hybridized carbons (Fsp3) is 0.417. The van der Waals surface area contributed by atoms with Gasteiger partial charge in [-0.05, 0) is 49.1 Å². The quantitative estimate of drug-likeness (QED) is 0.425. The van der Waals surface area contributed by atoms with Gasteiger partial charge in [0.15, 0.2) is 0 Å². The van der Waals surface area contributed by atoms with E-state index in [9.17, 15) is 9.59 Å². The van der Waals surface area contributed by atoms with Crippen LogP contribution < -0.4 is 5.32 Å². The molecule has 1 atom stereocenters. The molecule has 172 valence electrons. The van der Waals surface area contributed by atoms with Crippen LogP contribution >= 0.6 is 46.6 Å². The highest BCUT2D eigenvalue weighted by Gasteiger charge is 2.28. The molecule has 1 fully saturated rings. The third kappa shape index (κ3) is 7.05. The van der Waals surface area contributed by atoms with Gasteiger partial charge in [0, 0.05) is 23.4 Å². The van der Waals surface area contributed by atoms with Crippen molar-refractivity contribution in [3.8, 4) is 0 Å². The second kappa shape index (κ2) is 12.2. The molecule has 3 rings (SSSR count). The predicted octanol–water partition coefficient (Wildman–Crippen LogP) is 6.36. The maximum Gasteiger partial charge on any atom is 0.242 e. The Morgan fingerprint density at radius 2 is 1.78 bits per heavy atom. The number of carbonyl (C=O) groups excluding carboxylic acids is 2. The van der Waals surface area contributed by atoms with E-state index >= 15 is 0 Å². The molecule has 4 nitrogen and oxygen atoms in total. The lowest BCUT2D eigenvalue weighted by Gasteiger charge is -2.30. The Morgan fingerprint density at radius 1 is 1.06 bits per heavy atom. The van der Waals surface area contributed by atoms with Gasteiger partial charge >= 0.3 is 0 Å². The first-order valence-electron chi connectivity index (χ1n) is 10.7. The van der Waals surface area contributed by atoms with Crippen molar-refractivity contribution < 1.29 is 9.59 Å². The number of thioether (sulfide) groups is 1. The maximum absolute atomic E-state index is 13.2. The van der Waals surface area contributed by atoms with Crippen molar-refractivity contribution in [1.29, 1.82) is 0 Å². The van der Waals surface area contributed by atoms with E-state index < -0.39 is 6.04 Å². The van der Waals surface area contributed by atoms with E-state index in [1.807, 2.05) is 30.3 Å². The lowest BCUT2D eigenvalue weighted by Crippen LogP contribution is -2.50. The molecule has 0 heterocycles. The number of rotatable bonds is 9. The third-order valence-electron chi connectivity index (χ3n) is 5.65. The first-order chi connectivity index (χ1) is 15.3. The second-order valence-corrected chi connectivity index (χ2v) is 10.2. The molecule has 32 heavy (non-hydrogen) atoms. The summed E-state index contributed by atoms with van der Waals surface area (Å²) in [5, 5.41) is 4.67. The molecule has 2 amide bonds. The van der Waals surface area contributed by atoms with Crippen molar-refractivity contribution in [3.05, 3.63) is 68.7 Å². The first-order valence-corrected chi connectivity index (χ1v) is 13.0. The summed E-state index contributed by atoms with van der Waals surface area (Å²) in [5.41, 5.74) is 1.80. The molecule has 0 aromatic heterocycles. The smallest absolute Gasteiger partial charge is 0.242 e. The van der Waals surface area contributed by atoms with Crippen LogP contribution in [0.25, 0.3) is 0 Å². The first kappa shape index (κ1) is 25.2. The van der Waals surface area contributed by atoms with Crippen LogP contribution in [0, 0.1) is 0 Å². The van der Waals surface area contributed by atoms with Gasteiger partial charge in [-0.3, -0.25) is 9.59 Å². The zero-order valence-corrected chi connectivity index (χ0v) is 21.0. The van der Waals surface area contributed by atoms with Crippen molar-refractivity contribution in [2.75, 3.05) is 5.75 Å².